The van der Waals surface area contributed by atoms with E-state index in [1.54, 1.807) is 0 Å². The van der Waals surface area contributed by atoms with Crippen molar-refractivity contribution in [3.63, 3.8) is 0 Å². The molecule has 0 saturated heterocycles. The average Bonchev–Trinajstić information content (AvgIpc) is 3.75. The highest BCUT2D eigenvalue weighted by molar-refractivity contribution is 7.01. The van der Waals surface area contributed by atoms with Crippen LogP contribution in [0.5, 0.6) is 0 Å². The Hall–Kier alpha value is -8.14. The maximum atomic E-state index is 6.33. The number of hydrogen-bond donors (Lipinski definition) is 0. The second-order valence-corrected chi connectivity index (χ2v) is 20.4. The molecule has 0 unspecified atom stereocenters. The second-order valence-electron chi connectivity index (χ2n) is 20.4. The molecule has 2 aliphatic heterocycles. The van der Waals surface area contributed by atoms with Crippen molar-refractivity contribution in [3.8, 4) is 44.5 Å². The number of rotatable bonds is 4. The lowest BCUT2D eigenvalue weighted by Gasteiger charge is -2.43. The van der Waals surface area contributed by atoms with Crippen molar-refractivity contribution in [2.75, 3.05) is 4.90 Å². The van der Waals surface area contributed by atoms with Gasteiger partial charge in [-0.3, -0.25) is 0 Å². The van der Waals surface area contributed by atoms with Crippen LogP contribution >= 0.6 is 0 Å². The van der Waals surface area contributed by atoms with E-state index in [-0.39, 0.29) is 12.1 Å². The molecule has 0 fully saturated rings. The minimum Gasteiger partial charge on any atom is -0.456 e. The van der Waals surface area contributed by atoms with E-state index in [2.05, 4.69) is 234 Å². The lowest BCUT2D eigenvalue weighted by atomic mass is 9.32. The molecule has 0 amide bonds. The summed E-state index contributed by atoms with van der Waals surface area (Å²) in [6.07, 6.45) is 0. The summed E-state index contributed by atoms with van der Waals surface area (Å²) in [6, 6.07) is 75.2. The van der Waals surface area contributed by atoms with Crippen LogP contribution in [0.2, 0.25) is 0 Å². The summed E-state index contributed by atoms with van der Waals surface area (Å²) in [6.45, 7) is 11.6. The first-order valence-corrected chi connectivity index (χ1v) is 24.4. The van der Waals surface area contributed by atoms with Crippen LogP contribution < -0.4 is 21.3 Å². The van der Waals surface area contributed by atoms with Gasteiger partial charge in [-0.05, 0) is 154 Å². The first-order chi connectivity index (χ1) is 33.7. The number of benzene rings is 11. The Morgan fingerprint density at radius 1 is 0.406 bits per heavy atom. The predicted octanol–water partition coefficient (Wildman–Crippen LogP) is 16.2. The Balaban J connectivity index is 1.15. The van der Waals surface area contributed by atoms with E-state index < -0.39 is 0 Å². The van der Waals surface area contributed by atoms with Gasteiger partial charge in [0.05, 0.1) is 5.69 Å². The SMILES string of the molecule is Cc1cccc(C)c1N1c2cc3c(-c4ccccc4)c4ccccc4c(-c4ccccc4)c3cc2B2c3c(cc(C(C)(C)C)cc31)-c1cccc3c(-c4ccc5oc6ccccc6c5c4)ccc2c13. The smallest absolute Gasteiger partial charge is 0.248 e. The van der Waals surface area contributed by atoms with Crippen molar-refractivity contribution in [1.29, 1.82) is 0 Å². The van der Waals surface area contributed by atoms with Gasteiger partial charge in [-0.25, -0.2) is 0 Å². The standard InChI is InChI=1S/C66H48BNO/c1-39-18-16-19-40(2)65(39)68-57-38-53-52(61(41-20-8-6-9-21-41)48-25-12-13-26-49(48)62(53)42-22-10-7-11-23-42)37-56(57)67-55-32-31-45(43-30-33-60-51(34-43)46-24-14-15-29-59(46)69-60)47-27-17-28-50(63(47)55)54-35-44(66(3,4)5)36-58(68)64(54)67/h6-38H,1-5H3. The number of nitrogens with zero attached hydrogens (tertiary/aromatic N) is 1. The number of fused-ring (bicyclic) bond motifs is 9. The molecule has 69 heavy (non-hydrogen) atoms. The number of hydrogen-bond acceptors (Lipinski definition) is 2. The van der Waals surface area contributed by atoms with Gasteiger partial charge in [0.2, 0.25) is 6.71 Å². The Labute approximate surface area is 403 Å². The van der Waals surface area contributed by atoms with Crippen molar-refractivity contribution in [1.82, 2.24) is 0 Å². The van der Waals surface area contributed by atoms with Crippen LogP contribution in [0.15, 0.2) is 205 Å². The lowest BCUT2D eigenvalue weighted by Crippen LogP contribution is -2.59. The molecule has 3 heterocycles. The fourth-order valence-corrected chi connectivity index (χ4v) is 12.3. The number of para-hydroxylation sites is 2. The molecular formula is C66H48BNO. The van der Waals surface area contributed by atoms with Crippen molar-refractivity contribution < 1.29 is 4.42 Å². The van der Waals surface area contributed by atoms with Crippen LogP contribution in [0.3, 0.4) is 0 Å². The van der Waals surface area contributed by atoms with Crippen molar-refractivity contribution in [2.45, 2.75) is 40.0 Å². The molecule has 0 N–H and O–H groups in total. The molecule has 0 aliphatic carbocycles. The van der Waals surface area contributed by atoms with Crippen molar-refractivity contribution >= 4 is 94.4 Å². The Morgan fingerprint density at radius 3 is 1.71 bits per heavy atom. The first-order valence-electron chi connectivity index (χ1n) is 24.4. The summed E-state index contributed by atoms with van der Waals surface area (Å²) in [5.74, 6) is 0. The minimum absolute atomic E-state index is 0.0361. The third-order valence-corrected chi connectivity index (χ3v) is 15.4. The van der Waals surface area contributed by atoms with Crippen LogP contribution in [0.4, 0.5) is 17.1 Å². The van der Waals surface area contributed by atoms with Gasteiger partial charge < -0.3 is 9.32 Å². The van der Waals surface area contributed by atoms with E-state index in [0.717, 1.165) is 21.9 Å². The van der Waals surface area contributed by atoms with Crippen LogP contribution in [0, 0.1) is 13.8 Å². The van der Waals surface area contributed by atoms with Gasteiger partial charge in [0.15, 0.2) is 0 Å². The highest BCUT2D eigenvalue weighted by atomic mass is 16.3. The van der Waals surface area contributed by atoms with E-state index >= 15 is 0 Å². The Kier molecular flexibility index (Phi) is 8.51. The normalized spacial score (nSPS) is 12.9. The molecule has 14 rings (SSSR count). The lowest BCUT2D eigenvalue weighted by molar-refractivity contribution is 0.590. The minimum atomic E-state index is -0.111. The van der Waals surface area contributed by atoms with Crippen LogP contribution in [0.25, 0.3) is 98.8 Å². The summed E-state index contributed by atoms with van der Waals surface area (Å²) in [4.78, 5) is 2.65. The molecule has 11 aromatic carbocycles. The fourth-order valence-electron chi connectivity index (χ4n) is 12.3. The van der Waals surface area contributed by atoms with E-state index in [0.29, 0.717) is 0 Å². The number of aryl methyl sites for hydroxylation is 2. The number of anilines is 3. The highest BCUT2D eigenvalue weighted by Crippen LogP contribution is 2.50. The fraction of sp³-hybridized carbons (Fsp3) is 0.0909. The summed E-state index contributed by atoms with van der Waals surface area (Å²) in [7, 11) is 0. The summed E-state index contributed by atoms with van der Waals surface area (Å²) in [5.41, 5.74) is 23.4. The zero-order valence-electron chi connectivity index (χ0n) is 39.5. The first kappa shape index (κ1) is 40.0. The zero-order chi connectivity index (χ0) is 46.3. The topological polar surface area (TPSA) is 16.4 Å². The van der Waals surface area contributed by atoms with Crippen LogP contribution in [0.1, 0.15) is 37.5 Å². The van der Waals surface area contributed by atoms with Gasteiger partial charge in [-0.2, -0.15) is 0 Å². The third-order valence-electron chi connectivity index (χ3n) is 15.4. The molecule has 3 heteroatoms. The highest BCUT2D eigenvalue weighted by Gasteiger charge is 2.43. The average molecular weight is 882 g/mol. The van der Waals surface area contributed by atoms with Crippen molar-refractivity contribution in [2.24, 2.45) is 0 Å². The zero-order valence-corrected chi connectivity index (χ0v) is 39.5. The van der Waals surface area contributed by atoms with E-state index in [4.69, 9.17) is 4.42 Å². The predicted molar refractivity (Wildman–Crippen MR) is 295 cm³/mol. The van der Waals surface area contributed by atoms with Gasteiger partial charge in [-0.15, -0.1) is 0 Å². The van der Waals surface area contributed by atoms with E-state index in [1.807, 2.05) is 6.07 Å². The van der Waals surface area contributed by atoms with Crippen LogP contribution in [-0.4, -0.2) is 6.71 Å². The molecule has 0 atom stereocenters. The quantitative estimate of drug-likeness (QED) is 0.129. The largest absolute Gasteiger partial charge is 0.456 e. The van der Waals surface area contributed by atoms with Crippen LogP contribution in [-0.2, 0) is 5.41 Å². The second kappa shape index (κ2) is 14.7. The maximum Gasteiger partial charge on any atom is 0.248 e. The molecule has 2 aliphatic rings. The van der Waals surface area contributed by atoms with E-state index in [9.17, 15) is 0 Å². The van der Waals surface area contributed by atoms with Gasteiger partial charge in [0.25, 0.3) is 0 Å². The van der Waals surface area contributed by atoms with E-state index in [1.165, 1.54) is 127 Å². The molecule has 0 saturated carbocycles. The van der Waals surface area contributed by atoms with Gasteiger partial charge in [-0.1, -0.05) is 196 Å². The van der Waals surface area contributed by atoms with Gasteiger partial charge in [0.1, 0.15) is 11.2 Å². The molecule has 2 nitrogen and oxygen atoms in total. The molecule has 0 bridgehead atoms. The molecule has 1 aromatic heterocycles. The summed E-state index contributed by atoms with van der Waals surface area (Å²) >= 11 is 0. The summed E-state index contributed by atoms with van der Waals surface area (Å²) in [5, 5.41) is 9.93. The third kappa shape index (κ3) is 5.80. The van der Waals surface area contributed by atoms with Gasteiger partial charge in [0, 0.05) is 22.1 Å². The monoisotopic (exact) mass is 881 g/mol. The number of furan rings is 1. The molecule has 0 spiro atoms. The summed E-state index contributed by atoms with van der Waals surface area (Å²) < 4.78 is 6.33. The van der Waals surface area contributed by atoms with Crippen molar-refractivity contribution in [3.05, 3.63) is 217 Å². The molecule has 326 valence electrons. The molecule has 0 radical (unpaired) electrons. The van der Waals surface area contributed by atoms with Gasteiger partial charge >= 0.3 is 0 Å². The maximum absolute atomic E-state index is 6.33. The Morgan fingerprint density at radius 2 is 1.01 bits per heavy atom. The Bertz CT molecular complexity index is 4120. The molecule has 12 aromatic rings. The molecular weight excluding hydrogens is 834 g/mol.